The number of hydrogen-bond acceptors (Lipinski definition) is 4. The van der Waals surface area contributed by atoms with Gasteiger partial charge in [0.25, 0.3) is 5.91 Å². The highest BCUT2D eigenvalue weighted by Crippen LogP contribution is 2.28. The largest absolute Gasteiger partial charge is 0.507 e. The number of carbonyl (C=O) groups is 1. The molecule has 0 aromatic heterocycles. The molecule has 3 rings (SSSR count). The number of benzene rings is 2. The van der Waals surface area contributed by atoms with E-state index in [0.29, 0.717) is 0 Å². The number of sulfone groups is 1. The van der Waals surface area contributed by atoms with Gasteiger partial charge in [-0.2, -0.15) is 0 Å². The Balaban J connectivity index is 1.81. The predicted octanol–water partition coefficient (Wildman–Crippen LogP) is 2.72. The van der Waals surface area contributed by atoms with Crippen molar-refractivity contribution < 1.29 is 18.3 Å². The molecule has 0 aliphatic carbocycles. The number of aryl methyl sites for hydroxylation is 2. The van der Waals surface area contributed by atoms with Crippen molar-refractivity contribution in [2.75, 3.05) is 5.75 Å². The first-order valence-electron chi connectivity index (χ1n) is 7.88. The van der Waals surface area contributed by atoms with Gasteiger partial charge in [-0.25, -0.2) is 8.42 Å². The maximum absolute atomic E-state index is 12.3. The molecule has 2 N–H and O–H groups in total. The van der Waals surface area contributed by atoms with Crippen LogP contribution in [0.4, 0.5) is 0 Å². The fraction of sp³-hybridized carbons (Fsp3) is 0.211. The van der Waals surface area contributed by atoms with E-state index in [1.807, 2.05) is 32.0 Å². The number of carbonyl (C=O) groups excluding carboxylic acids is 1. The minimum Gasteiger partial charge on any atom is -0.507 e. The number of hydrogen-bond donors (Lipinski definition) is 2. The second-order valence-corrected chi connectivity index (χ2v) is 8.20. The van der Waals surface area contributed by atoms with Gasteiger partial charge in [0.2, 0.25) is 0 Å². The number of nitrogens with one attached hydrogen (secondary N) is 1. The van der Waals surface area contributed by atoms with Crippen LogP contribution in [0, 0.1) is 13.8 Å². The fourth-order valence-corrected chi connectivity index (χ4v) is 3.97. The molecular formula is C19H19NO4S. The fourth-order valence-electron chi connectivity index (χ4n) is 2.74. The lowest BCUT2D eigenvalue weighted by atomic mass is 9.99. The summed E-state index contributed by atoms with van der Waals surface area (Å²) in [7, 11) is -3.24. The van der Waals surface area contributed by atoms with E-state index in [4.69, 9.17) is 0 Å². The lowest BCUT2D eigenvalue weighted by Crippen LogP contribution is -2.35. The Bertz CT molecular complexity index is 977. The molecule has 1 unspecified atom stereocenters. The molecule has 0 radical (unpaired) electrons. The van der Waals surface area contributed by atoms with E-state index in [-0.39, 0.29) is 17.1 Å². The highest BCUT2D eigenvalue weighted by molar-refractivity contribution is 7.94. The molecule has 0 saturated carbocycles. The smallest absolute Gasteiger partial charge is 0.255 e. The summed E-state index contributed by atoms with van der Waals surface area (Å²) < 4.78 is 22.8. The van der Waals surface area contributed by atoms with Crippen molar-refractivity contribution in [3.63, 3.8) is 0 Å². The molecule has 130 valence electrons. The number of phenolic OH excluding ortho intramolecular Hbond substituents is 1. The van der Waals surface area contributed by atoms with Crippen LogP contribution in [0.1, 0.15) is 21.5 Å². The number of aromatic hydroxyl groups is 1. The van der Waals surface area contributed by atoms with Crippen LogP contribution in [0.15, 0.2) is 47.9 Å². The van der Waals surface area contributed by atoms with Crippen molar-refractivity contribution in [3.05, 3.63) is 64.6 Å². The SMILES string of the molecule is Cc1ccc(-c2ccc(C(=O)NC3C=CS(=O)(=O)C3)c(O)c2)cc1C. The third-order valence-electron chi connectivity index (χ3n) is 4.33. The van der Waals surface area contributed by atoms with E-state index < -0.39 is 21.8 Å². The van der Waals surface area contributed by atoms with Crippen molar-refractivity contribution in [1.29, 1.82) is 0 Å². The van der Waals surface area contributed by atoms with Gasteiger partial charge in [-0.15, -0.1) is 0 Å². The van der Waals surface area contributed by atoms with Gasteiger partial charge in [-0.05, 0) is 54.3 Å². The van der Waals surface area contributed by atoms with E-state index in [9.17, 15) is 18.3 Å². The molecule has 2 aromatic rings. The van der Waals surface area contributed by atoms with Crippen LogP contribution in [0.5, 0.6) is 5.75 Å². The molecule has 25 heavy (non-hydrogen) atoms. The van der Waals surface area contributed by atoms with E-state index in [0.717, 1.165) is 22.1 Å². The monoisotopic (exact) mass is 357 g/mol. The average Bonchev–Trinajstić information content (AvgIpc) is 2.88. The second kappa shape index (κ2) is 6.37. The van der Waals surface area contributed by atoms with Crippen LogP contribution in [0.3, 0.4) is 0 Å². The quantitative estimate of drug-likeness (QED) is 0.885. The van der Waals surface area contributed by atoms with Crippen LogP contribution in [-0.4, -0.2) is 31.2 Å². The maximum atomic E-state index is 12.3. The van der Waals surface area contributed by atoms with Crippen LogP contribution in [0.25, 0.3) is 11.1 Å². The van der Waals surface area contributed by atoms with Gasteiger partial charge >= 0.3 is 0 Å². The van der Waals surface area contributed by atoms with Crippen LogP contribution in [0.2, 0.25) is 0 Å². The molecule has 0 fully saturated rings. The summed E-state index contributed by atoms with van der Waals surface area (Å²) in [5.74, 6) is -0.797. The Morgan fingerprint density at radius 1 is 1.08 bits per heavy atom. The third-order valence-corrected chi connectivity index (χ3v) is 5.72. The molecule has 0 bridgehead atoms. The molecule has 2 aromatic carbocycles. The molecular weight excluding hydrogens is 338 g/mol. The summed E-state index contributed by atoms with van der Waals surface area (Å²) in [6.45, 7) is 4.05. The summed E-state index contributed by atoms with van der Waals surface area (Å²) >= 11 is 0. The normalized spacial score (nSPS) is 18.2. The van der Waals surface area contributed by atoms with Gasteiger partial charge in [0.1, 0.15) is 5.75 Å². The zero-order valence-electron chi connectivity index (χ0n) is 14.0. The Morgan fingerprint density at radius 2 is 1.76 bits per heavy atom. The second-order valence-electron chi connectivity index (χ2n) is 6.27. The van der Waals surface area contributed by atoms with Gasteiger partial charge in [-0.3, -0.25) is 4.79 Å². The number of rotatable bonds is 3. The van der Waals surface area contributed by atoms with Crippen LogP contribution < -0.4 is 5.32 Å². The summed E-state index contributed by atoms with van der Waals surface area (Å²) in [5.41, 5.74) is 4.21. The predicted molar refractivity (Wildman–Crippen MR) is 97.2 cm³/mol. The molecule has 1 aliphatic rings. The molecule has 5 nitrogen and oxygen atoms in total. The van der Waals surface area contributed by atoms with Gasteiger partial charge in [0, 0.05) is 5.41 Å². The Hall–Kier alpha value is -2.60. The highest BCUT2D eigenvalue weighted by atomic mass is 32.2. The van der Waals surface area contributed by atoms with Crippen molar-refractivity contribution in [2.45, 2.75) is 19.9 Å². The summed E-state index contributed by atoms with van der Waals surface area (Å²) in [6.07, 6.45) is 1.44. The first-order chi connectivity index (χ1) is 11.7. The zero-order chi connectivity index (χ0) is 18.2. The van der Waals surface area contributed by atoms with Gasteiger partial charge < -0.3 is 10.4 Å². The van der Waals surface area contributed by atoms with E-state index >= 15 is 0 Å². The highest BCUT2D eigenvalue weighted by Gasteiger charge is 2.24. The Labute approximate surface area is 146 Å². The molecule has 1 amide bonds. The third kappa shape index (κ3) is 3.74. The van der Waals surface area contributed by atoms with E-state index in [1.165, 1.54) is 11.6 Å². The molecule has 0 spiro atoms. The van der Waals surface area contributed by atoms with Crippen molar-refractivity contribution in [1.82, 2.24) is 5.32 Å². The topological polar surface area (TPSA) is 83.5 Å². The summed E-state index contributed by atoms with van der Waals surface area (Å²) in [6, 6.07) is 10.3. The van der Waals surface area contributed by atoms with Crippen molar-refractivity contribution in [2.24, 2.45) is 0 Å². The first kappa shape index (κ1) is 17.2. The summed E-state index contributed by atoms with van der Waals surface area (Å²) in [4.78, 5) is 12.3. The van der Waals surface area contributed by atoms with Crippen LogP contribution >= 0.6 is 0 Å². The Kier molecular flexibility index (Phi) is 4.39. The standard InChI is InChI=1S/C19H19NO4S/c1-12-3-4-14(9-13(12)2)15-5-6-17(18(21)10-15)19(22)20-16-7-8-25(23,24)11-16/h3-10,16,21H,11H2,1-2H3,(H,20,22). The lowest BCUT2D eigenvalue weighted by Gasteiger charge is -2.12. The van der Waals surface area contributed by atoms with Gasteiger partial charge in [-0.1, -0.05) is 24.3 Å². The molecule has 6 heteroatoms. The lowest BCUT2D eigenvalue weighted by molar-refractivity contribution is 0.0945. The molecule has 0 saturated heterocycles. The molecule has 1 heterocycles. The van der Waals surface area contributed by atoms with E-state index in [2.05, 4.69) is 5.32 Å². The zero-order valence-corrected chi connectivity index (χ0v) is 14.8. The van der Waals surface area contributed by atoms with Gasteiger partial charge in [0.05, 0.1) is 17.4 Å². The van der Waals surface area contributed by atoms with Gasteiger partial charge in [0.15, 0.2) is 9.84 Å². The average molecular weight is 357 g/mol. The minimum atomic E-state index is -3.24. The van der Waals surface area contributed by atoms with Crippen molar-refractivity contribution >= 4 is 15.7 Å². The number of phenols is 1. The van der Waals surface area contributed by atoms with Crippen LogP contribution in [-0.2, 0) is 9.84 Å². The first-order valence-corrected chi connectivity index (χ1v) is 9.59. The minimum absolute atomic E-state index is 0.116. The molecule has 1 atom stereocenters. The Morgan fingerprint density at radius 3 is 2.36 bits per heavy atom. The molecule has 1 aliphatic heterocycles. The van der Waals surface area contributed by atoms with Crippen molar-refractivity contribution in [3.8, 4) is 16.9 Å². The van der Waals surface area contributed by atoms with E-state index in [1.54, 1.807) is 18.2 Å². The maximum Gasteiger partial charge on any atom is 0.255 e. The summed E-state index contributed by atoms with van der Waals surface area (Å²) in [5, 5.41) is 13.9. The number of amides is 1.